The lowest BCUT2D eigenvalue weighted by Crippen LogP contribution is -2.20. The van der Waals surface area contributed by atoms with Gasteiger partial charge in [-0.1, -0.05) is 60.7 Å². The molecule has 2 heteroatoms. The molecule has 0 saturated carbocycles. The van der Waals surface area contributed by atoms with Crippen molar-refractivity contribution in [1.29, 1.82) is 0 Å². The van der Waals surface area contributed by atoms with Gasteiger partial charge in [0.05, 0.1) is 0 Å². The zero-order valence-corrected chi connectivity index (χ0v) is 15.4. The molecular weight excluding hydrogens is 328 g/mol. The number of hydrogen-bond acceptors (Lipinski definition) is 2. The minimum Gasteiger partial charge on any atom is -0.355 e. The van der Waals surface area contributed by atoms with E-state index in [1.807, 2.05) is 0 Å². The van der Waals surface area contributed by atoms with Crippen LogP contribution in [0.1, 0.15) is 12.0 Å². The van der Waals surface area contributed by atoms with Crippen LogP contribution in [0.4, 0.5) is 11.4 Å². The number of nitrogens with one attached hydrogen (secondary N) is 1. The van der Waals surface area contributed by atoms with Gasteiger partial charge >= 0.3 is 0 Å². The van der Waals surface area contributed by atoms with E-state index in [2.05, 4.69) is 102 Å². The Bertz CT molecular complexity index is 1110. The zero-order valence-electron chi connectivity index (χ0n) is 15.4. The molecule has 132 valence electrons. The van der Waals surface area contributed by atoms with Crippen molar-refractivity contribution < 1.29 is 0 Å². The topological polar surface area (TPSA) is 15.3 Å². The van der Waals surface area contributed by atoms with Gasteiger partial charge in [0.15, 0.2) is 0 Å². The molecule has 0 bridgehead atoms. The molecule has 3 aromatic carbocycles. The summed E-state index contributed by atoms with van der Waals surface area (Å²) in [4.78, 5) is 2.33. The number of hydrogen-bond donors (Lipinski definition) is 1. The minimum atomic E-state index is 0.937. The van der Waals surface area contributed by atoms with Crippen LogP contribution in [0.15, 0.2) is 102 Å². The third-order valence-corrected chi connectivity index (χ3v) is 5.57. The van der Waals surface area contributed by atoms with E-state index in [1.165, 1.54) is 44.7 Å². The molecule has 1 N–H and O–H groups in total. The number of nitrogens with zero attached hydrogens (tertiary/aromatic N) is 1. The maximum atomic E-state index is 3.62. The van der Waals surface area contributed by atoms with Gasteiger partial charge in [0.1, 0.15) is 0 Å². The Morgan fingerprint density at radius 1 is 0.852 bits per heavy atom. The van der Waals surface area contributed by atoms with Gasteiger partial charge in [0, 0.05) is 41.6 Å². The second-order valence-corrected chi connectivity index (χ2v) is 7.19. The van der Waals surface area contributed by atoms with Crippen molar-refractivity contribution in [3.8, 4) is 0 Å². The molecule has 0 atom stereocenters. The van der Waals surface area contributed by atoms with Crippen molar-refractivity contribution in [2.45, 2.75) is 12.8 Å². The number of allylic oxidation sites excluding steroid dienone is 5. The van der Waals surface area contributed by atoms with Gasteiger partial charge in [-0.15, -0.1) is 0 Å². The molecule has 0 unspecified atom stereocenters. The van der Waals surface area contributed by atoms with Crippen LogP contribution < -0.4 is 10.2 Å². The summed E-state index contributed by atoms with van der Waals surface area (Å²) >= 11 is 0. The van der Waals surface area contributed by atoms with Crippen molar-refractivity contribution >= 4 is 22.1 Å². The van der Waals surface area contributed by atoms with Crippen molar-refractivity contribution in [1.82, 2.24) is 0 Å². The van der Waals surface area contributed by atoms with Gasteiger partial charge in [0.2, 0.25) is 0 Å². The third-order valence-electron chi connectivity index (χ3n) is 5.57. The van der Waals surface area contributed by atoms with E-state index in [1.54, 1.807) is 0 Å². The predicted molar refractivity (Wildman–Crippen MR) is 115 cm³/mol. The number of rotatable bonds is 2. The first-order chi connectivity index (χ1) is 13.3. The maximum Gasteiger partial charge on any atom is 0.0485 e. The summed E-state index contributed by atoms with van der Waals surface area (Å²) in [5.74, 6) is 0. The Balaban J connectivity index is 1.50. The lowest BCUT2D eigenvalue weighted by molar-refractivity contribution is 0.980. The number of benzene rings is 3. The summed E-state index contributed by atoms with van der Waals surface area (Å²) in [7, 11) is 2.17. The normalized spacial score (nSPS) is 15.5. The number of fused-ring (bicyclic) bond motifs is 3. The quantitative estimate of drug-likeness (QED) is 0.606. The highest BCUT2D eigenvalue weighted by atomic mass is 15.1. The largest absolute Gasteiger partial charge is 0.355 e. The minimum absolute atomic E-state index is 0.937. The van der Waals surface area contributed by atoms with Gasteiger partial charge < -0.3 is 10.2 Å². The zero-order chi connectivity index (χ0) is 18.2. The molecule has 5 rings (SSSR count). The summed E-state index contributed by atoms with van der Waals surface area (Å²) in [6.07, 6.45) is 8.74. The van der Waals surface area contributed by atoms with Crippen LogP contribution in [0, 0.1) is 0 Å². The van der Waals surface area contributed by atoms with Gasteiger partial charge in [-0.3, -0.25) is 0 Å². The van der Waals surface area contributed by atoms with E-state index in [0.717, 1.165) is 12.8 Å². The number of anilines is 2. The summed E-state index contributed by atoms with van der Waals surface area (Å²) in [6.45, 7) is 0. The molecule has 2 aliphatic rings. The third kappa shape index (κ3) is 2.83. The molecule has 1 heterocycles. The van der Waals surface area contributed by atoms with E-state index in [4.69, 9.17) is 0 Å². The molecule has 0 saturated heterocycles. The van der Waals surface area contributed by atoms with Crippen molar-refractivity contribution in [3.05, 3.63) is 107 Å². The molecule has 0 amide bonds. The van der Waals surface area contributed by atoms with Gasteiger partial charge in [-0.25, -0.2) is 0 Å². The molecule has 1 aliphatic heterocycles. The highest BCUT2D eigenvalue weighted by Gasteiger charge is 2.19. The smallest absolute Gasteiger partial charge is 0.0485 e. The molecule has 0 fully saturated rings. The Kier molecular flexibility index (Phi) is 3.83. The molecule has 0 radical (unpaired) electrons. The van der Waals surface area contributed by atoms with E-state index in [9.17, 15) is 0 Å². The van der Waals surface area contributed by atoms with Crippen LogP contribution in [0.2, 0.25) is 0 Å². The highest BCUT2D eigenvalue weighted by molar-refractivity contribution is 5.95. The lowest BCUT2D eigenvalue weighted by atomic mass is 9.98. The SMILES string of the molecule is CN(C1=CC=C2Nc3ccccc3CC=C2C1)c1cccc2ccccc12. The second-order valence-electron chi connectivity index (χ2n) is 7.19. The van der Waals surface area contributed by atoms with Crippen LogP contribution in [-0.4, -0.2) is 7.05 Å². The average molecular weight is 350 g/mol. The Labute approximate surface area is 160 Å². The molecule has 0 aromatic heterocycles. The summed E-state index contributed by atoms with van der Waals surface area (Å²) in [5.41, 5.74) is 7.72. The summed E-state index contributed by atoms with van der Waals surface area (Å²) < 4.78 is 0. The summed E-state index contributed by atoms with van der Waals surface area (Å²) in [6, 6.07) is 23.7. The Hall–Kier alpha value is -3.26. The second kappa shape index (κ2) is 6.48. The first-order valence-electron chi connectivity index (χ1n) is 9.46. The van der Waals surface area contributed by atoms with E-state index >= 15 is 0 Å². The van der Waals surface area contributed by atoms with Crippen LogP contribution in [0.25, 0.3) is 10.8 Å². The first-order valence-corrected chi connectivity index (χ1v) is 9.46. The first kappa shape index (κ1) is 16.0. The van der Waals surface area contributed by atoms with Gasteiger partial charge in [0.25, 0.3) is 0 Å². The molecule has 2 nitrogen and oxygen atoms in total. The lowest BCUT2D eigenvalue weighted by Gasteiger charge is -2.28. The Morgan fingerprint density at radius 3 is 2.63 bits per heavy atom. The standard InChI is InChI=1S/C25H22N2/c1-27(25-12-6-9-18-7-2-4-10-22(18)25)21-15-16-24-20(17-21)14-13-19-8-3-5-11-23(19)26-24/h2-12,14-16,26H,13,17H2,1H3. The van der Waals surface area contributed by atoms with Crippen LogP contribution in [-0.2, 0) is 6.42 Å². The average Bonchev–Trinajstić information content (AvgIpc) is 2.91. The van der Waals surface area contributed by atoms with Crippen molar-refractivity contribution in [2.75, 3.05) is 17.3 Å². The van der Waals surface area contributed by atoms with E-state index < -0.39 is 0 Å². The van der Waals surface area contributed by atoms with Crippen molar-refractivity contribution in [3.63, 3.8) is 0 Å². The predicted octanol–water partition coefficient (Wildman–Crippen LogP) is 6.04. The van der Waals surface area contributed by atoms with Crippen LogP contribution in [0.5, 0.6) is 0 Å². The van der Waals surface area contributed by atoms with Crippen LogP contribution in [0.3, 0.4) is 0 Å². The molecule has 3 aromatic rings. The van der Waals surface area contributed by atoms with E-state index in [-0.39, 0.29) is 0 Å². The van der Waals surface area contributed by atoms with Crippen molar-refractivity contribution in [2.24, 2.45) is 0 Å². The summed E-state index contributed by atoms with van der Waals surface area (Å²) in [5, 5.41) is 6.19. The monoisotopic (exact) mass is 350 g/mol. The molecular formula is C25H22N2. The Morgan fingerprint density at radius 2 is 1.67 bits per heavy atom. The van der Waals surface area contributed by atoms with E-state index in [0.29, 0.717) is 0 Å². The molecule has 0 spiro atoms. The van der Waals surface area contributed by atoms with Crippen LogP contribution >= 0.6 is 0 Å². The fourth-order valence-corrected chi connectivity index (χ4v) is 4.02. The number of para-hydroxylation sites is 1. The van der Waals surface area contributed by atoms with Gasteiger partial charge in [-0.05, 0) is 47.2 Å². The highest BCUT2D eigenvalue weighted by Crippen LogP contribution is 2.35. The molecule has 1 aliphatic carbocycles. The van der Waals surface area contributed by atoms with Gasteiger partial charge in [-0.2, -0.15) is 0 Å². The fourth-order valence-electron chi connectivity index (χ4n) is 4.02. The fraction of sp³-hybridized carbons (Fsp3) is 0.120. The maximum absolute atomic E-state index is 3.62. The molecule has 27 heavy (non-hydrogen) atoms.